The van der Waals surface area contributed by atoms with Crippen LogP contribution in [0.3, 0.4) is 0 Å². The molecule has 1 N–H and O–H groups in total. The molecule has 1 aromatic heterocycles. The Morgan fingerprint density at radius 2 is 2.14 bits per heavy atom. The third-order valence-electron chi connectivity index (χ3n) is 4.02. The molecule has 0 amide bonds. The molecule has 1 aromatic rings. The maximum absolute atomic E-state index is 12.7. The van der Waals surface area contributed by atoms with Crippen molar-refractivity contribution in [1.82, 2.24) is 9.62 Å². The first kappa shape index (κ1) is 15.2. The van der Waals surface area contributed by atoms with Crippen LogP contribution >= 0.6 is 11.3 Å². The molecule has 1 saturated carbocycles. The van der Waals surface area contributed by atoms with E-state index in [0.29, 0.717) is 23.3 Å². The molecule has 116 valence electrons. The Balaban J connectivity index is 1.78. The third kappa shape index (κ3) is 3.39. The lowest BCUT2D eigenvalue weighted by atomic mass is 10.2. The molecule has 21 heavy (non-hydrogen) atoms. The van der Waals surface area contributed by atoms with Crippen molar-refractivity contribution < 1.29 is 8.42 Å². The largest absolute Gasteiger partial charge is 0.309 e. The van der Waals surface area contributed by atoms with Crippen molar-refractivity contribution >= 4 is 21.4 Å². The van der Waals surface area contributed by atoms with Crippen molar-refractivity contribution in [2.24, 2.45) is 0 Å². The van der Waals surface area contributed by atoms with E-state index in [1.54, 1.807) is 4.31 Å². The summed E-state index contributed by atoms with van der Waals surface area (Å²) in [6.07, 6.45) is 5.42. The van der Waals surface area contributed by atoms with Gasteiger partial charge in [-0.3, -0.25) is 0 Å². The highest BCUT2D eigenvalue weighted by molar-refractivity contribution is 7.91. The van der Waals surface area contributed by atoms with E-state index in [1.165, 1.54) is 24.2 Å². The fraction of sp³-hybridized carbons (Fsp3) is 0.600. The number of hydrogen-bond donors (Lipinski definition) is 1. The summed E-state index contributed by atoms with van der Waals surface area (Å²) in [7, 11) is -3.34. The van der Waals surface area contributed by atoms with Gasteiger partial charge < -0.3 is 5.32 Å². The van der Waals surface area contributed by atoms with Gasteiger partial charge in [-0.1, -0.05) is 11.6 Å². The Labute approximate surface area is 130 Å². The second-order valence-corrected chi connectivity index (χ2v) is 9.31. The Kier molecular flexibility index (Phi) is 4.23. The van der Waals surface area contributed by atoms with Gasteiger partial charge >= 0.3 is 0 Å². The van der Waals surface area contributed by atoms with E-state index in [9.17, 15) is 8.42 Å². The highest BCUT2D eigenvalue weighted by Crippen LogP contribution is 2.30. The zero-order valence-electron chi connectivity index (χ0n) is 12.6. The molecular weight excluding hydrogens is 304 g/mol. The van der Waals surface area contributed by atoms with Crippen LogP contribution in [0.1, 0.15) is 36.6 Å². The number of nitrogens with one attached hydrogen (secondary N) is 1. The molecule has 3 rings (SSSR count). The van der Waals surface area contributed by atoms with Crippen LogP contribution in [0.5, 0.6) is 0 Å². The number of sulfonamides is 1. The van der Waals surface area contributed by atoms with Crippen LogP contribution in [0.4, 0.5) is 0 Å². The highest BCUT2D eigenvalue weighted by atomic mass is 32.2. The monoisotopic (exact) mass is 326 g/mol. The SMILES string of the molecule is CC1=CCCN(S(=O)(=O)c2cc(C)c(CNC3CC3)s2)C1. The summed E-state index contributed by atoms with van der Waals surface area (Å²) in [5.74, 6) is 0. The van der Waals surface area contributed by atoms with Crippen molar-refractivity contribution in [2.45, 2.75) is 49.9 Å². The van der Waals surface area contributed by atoms with Crippen molar-refractivity contribution in [1.29, 1.82) is 0 Å². The molecule has 0 unspecified atom stereocenters. The molecule has 4 nitrogen and oxygen atoms in total. The van der Waals surface area contributed by atoms with E-state index < -0.39 is 10.0 Å². The third-order valence-corrected chi connectivity index (χ3v) is 7.55. The minimum Gasteiger partial charge on any atom is -0.309 e. The van der Waals surface area contributed by atoms with Gasteiger partial charge in [0.15, 0.2) is 0 Å². The molecule has 0 radical (unpaired) electrons. The summed E-state index contributed by atoms with van der Waals surface area (Å²) in [5, 5.41) is 3.46. The average Bonchev–Trinajstić information content (AvgIpc) is 3.19. The van der Waals surface area contributed by atoms with Crippen LogP contribution in [-0.2, 0) is 16.6 Å². The minimum absolute atomic E-state index is 0.488. The molecular formula is C15H22N2O2S2. The first-order valence-electron chi connectivity index (χ1n) is 7.45. The summed E-state index contributed by atoms with van der Waals surface area (Å²) in [6, 6.07) is 2.47. The Morgan fingerprint density at radius 3 is 2.81 bits per heavy atom. The van der Waals surface area contributed by atoms with E-state index in [4.69, 9.17) is 0 Å². The highest BCUT2D eigenvalue weighted by Gasteiger charge is 2.28. The fourth-order valence-corrected chi connectivity index (χ4v) is 5.72. The number of nitrogens with zero attached hydrogens (tertiary/aromatic N) is 1. The molecule has 0 bridgehead atoms. The lowest BCUT2D eigenvalue weighted by Gasteiger charge is -2.24. The number of thiophene rings is 1. The van der Waals surface area contributed by atoms with Gasteiger partial charge in [-0.15, -0.1) is 11.3 Å². The van der Waals surface area contributed by atoms with E-state index in [2.05, 4.69) is 11.4 Å². The maximum Gasteiger partial charge on any atom is 0.252 e. The molecule has 0 spiro atoms. The normalized spacial score (nSPS) is 20.6. The van der Waals surface area contributed by atoms with Gasteiger partial charge in [-0.2, -0.15) is 4.31 Å². The molecule has 1 aliphatic carbocycles. The lowest BCUT2D eigenvalue weighted by Crippen LogP contribution is -2.34. The molecule has 0 aromatic carbocycles. The van der Waals surface area contributed by atoms with Crippen LogP contribution in [-0.4, -0.2) is 31.9 Å². The number of hydrogen-bond acceptors (Lipinski definition) is 4. The number of rotatable bonds is 5. The maximum atomic E-state index is 12.7. The first-order valence-corrected chi connectivity index (χ1v) is 9.71. The second-order valence-electron chi connectivity index (χ2n) is 6.00. The van der Waals surface area contributed by atoms with E-state index in [1.807, 2.05) is 19.9 Å². The van der Waals surface area contributed by atoms with Gasteiger partial charge in [0.2, 0.25) is 0 Å². The van der Waals surface area contributed by atoms with E-state index in [-0.39, 0.29) is 0 Å². The van der Waals surface area contributed by atoms with Crippen LogP contribution in [0.2, 0.25) is 0 Å². The molecule has 0 saturated heterocycles. The topological polar surface area (TPSA) is 49.4 Å². The summed E-state index contributed by atoms with van der Waals surface area (Å²) < 4.78 is 27.6. The number of aryl methyl sites for hydroxylation is 1. The van der Waals surface area contributed by atoms with Crippen molar-refractivity contribution in [2.75, 3.05) is 13.1 Å². The summed E-state index contributed by atoms with van der Waals surface area (Å²) in [5.41, 5.74) is 2.21. The van der Waals surface area contributed by atoms with Crippen LogP contribution < -0.4 is 5.32 Å². The van der Waals surface area contributed by atoms with Crippen molar-refractivity contribution in [3.8, 4) is 0 Å². The summed E-state index contributed by atoms with van der Waals surface area (Å²) >= 11 is 1.42. The van der Waals surface area contributed by atoms with Gasteiger partial charge in [-0.05, 0) is 44.7 Å². The molecule has 2 aliphatic rings. The summed E-state index contributed by atoms with van der Waals surface area (Å²) in [6.45, 7) is 5.89. The van der Waals surface area contributed by atoms with Gasteiger partial charge in [0.1, 0.15) is 4.21 Å². The van der Waals surface area contributed by atoms with E-state index in [0.717, 1.165) is 29.0 Å². The first-order chi connectivity index (χ1) is 9.96. The Bertz CT molecular complexity index is 657. The zero-order valence-corrected chi connectivity index (χ0v) is 14.2. The Hall–Kier alpha value is -0.690. The van der Waals surface area contributed by atoms with Crippen LogP contribution in [0.15, 0.2) is 21.9 Å². The molecule has 6 heteroatoms. The van der Waals surface area contributed by atoms with Crippen LogP contribution in [0, 0.1) is 6.92 Å². The molecule has 2 heterocycles. The van der Waals surface area contributed by atoms with Gasteiger partial charge in [0.05, 0.1) is 0 Å². The summed E-state index contributed by atoms with van der Waals surface area (Å²) in [4.78, 5) is 1.14. The predicted molar refractivity (Wildman–Crippen MR) is 86.1 cm³/mol. The average molecular weight is 326 g/mol. The standard InChI is InChI=1S/C15H22N2O2S2/c1-11-4-3-7-17(10-11)21(18,19)15-8-12(2)14(20-15)9-16-13-5-6-13/h4,8,13,16H,3,5-7,9-10H2,1-2H3. The van der Waals surface area contributed by atoms with Gasteiger partial charge in [0.25, 0.3) is 10.0 Å². The predicted octanol–water partition coefficient (Wildman–Crippen LogP) is 2.65. The fourth-order valence-electron chi connectivity index (χ4n) is 2.52. The van der Waals surface area contributed by atoms with Gasteiger partial charge in [0, 0.05) is 30.6 Å². The molecule has 0 atom stereocenters. The van der Waals surface area contributed by atoms with Gasteiger partial charge in [-0.25, -0.2) is 8.42 Å². The second kappa shape index (κ2) is 5.83. The van der Waals surface area contributed by atoms with E-state index >= 15 is 0 Å². The quantitative estimate of drug-likeness (QED) is 0.846. The smallest absolute Gasteiger partial charge is 0.252 e. The van der Waals surface area contributed by atoms with Crippen molar-refractivity contribution in [3.05, 3.63) is 28.2 Å². The van der Waals surface area contributed by atoms with Crippen molar-refractivity contribution in [3.63, 3.8) is 0 Å². The zero-order chi connectivity index (χ0) is 15.0. The lowest BCUT2D eigenvalue weighted by molar-refractivity contribution is 0.429. The Morgan fingerprint density at radius 1 is 1.38 bits per heavy atom. The minimum atomic E-state index is -3.34. The molecule has 1 aliphatic heterocycles. The molecule has 1 fully saturated rings. The van der Waals surface area contributed by atoms with Crippen LogP contribution in [0.25, 0.3) is 0 Å².